The van der Waals surface area contributed by atoms with E-state index in [1.54, 1.807) is 25.2 Å². The second-order valence-corrected chi connectivity index (χ2v) is 8.31. The number of alkyl halides is 1. The largest absolute Gasteiger partial charge is 0.377 e. The lowest BCUT2D eigenvalue weighted by Crippen LogP contribution is -2.37. The fourth-order valence-electron chi connectivity index (χ4n) is 2.34. The van der Waals surface area contributed by atoms with E-state index in [4.69, 9.17) is 16.3 Å². The summed E-state index contributed by atoms with van der Waals surface area (Å²) < 4.78 is 32.8. The molecule has 1 saturated heterocycles. The maximum absolute atomic E-state index is 12.6. The number of likely N-dealkylation sites (N-methyl/N-ethyl adjacent to an activating group) is 1. The number of rotatable bonds is 5. The van der Waals surface area contributed by atoms with Crippen LogP contribution >= 0.6 is 27.5 Å². The fraction of sp³-hybridized carbons (Fsp3) is 0.571. The van der Waals surface area contributed by atoms with Crippen LogP contribution in [0.5, 0.6) is 0 Å². The average molecular weight is 397 g/mol. The van der Waals surface area contributed by atoms with Gasteiger partial charge in [-0.05, 0) is 52.9 Å². The molecule has 1 fully saturated rings. The highest BCUT2D eigenvalue weighted by Gasteiger charge is 2.27. The first-order valence-electron chi connectivity index (χ1n) is 6.87. The number of hydrogen-bond acceptors (Lipinski definition) is 3. The van der Waals surface area contributed by atoms with Gasteiger partial charge in [0.15, 0.2) is 0 Å². The van der Waals surface area contributed by atoms with Crippen molar-refractivity contribution in [2.45, 2.75) is 36.1 Å². The molecule has 2 rings (SSSR count). The van der Waals surface area contributed by atoms with Crippen molar-refractivity contribution in [1.29, 1.82) is 0 Å². The Morgan fingerprint density at radius 3 is 2.76 bits per heavy atom. The summed E-state index contributed by atoms with van der Waals surface area (Å²) in [6, 6.07) is 5.07. The first-order chi connectivity index (χ1) is 9.95. The third-order valence-corrected chi connectivity index (χ3v) is 6.68. The van der Waals surface area contributed by atoms with Gasteiger partial charge < -0.3 is 4.74 Å². The molecule has 1 atom stereocenters. The molecular weight excluding hydrogens is 378 g/mol. The lowest BCUT2D eigenvalue weighted by molar-refractivity contribution is 0.00858. The molecule has 7 heteroatoms. The van der Waals surface area contributed by atoms with E-state index >= 15 is 0 Å². The van der Waals surface area contributed by atoms with Gasteiger partial charge in [0.2, 0.25) is 10.0 Å². The number of hydrogen-bond donors (Lipinski definition) is 0. The molecule has 0 aliphatic carbocycles. The van der Waals surface area contributed by atoms with Crippen LogP contribution < -0.4 is 0 Å². The van der Waals surface area contributed by atoms with Crippen LogP contribution in [0.3, 0.4) is 0 Å². The molecule has 118 valence electrons. The van der Waals surface area contributed by atoms with Gasteiger partial charge in [0.25, 0.3) is 0 Å². The molecule has 1 aliphatic rings. The Labute approximate surface area is 139 Å². The molecule has 0 N–H and O–H groups in total. The van der Waals surface area contributed by atoms with Gasteiger partial charge in [0.05, 0.1) is 11.0 Å². The predicted molar refractivity (Wildman–Crippen MR) is 87.1 cm³/mol. The highest BCUT2D eigenvalue weighted by Crippen LogP contribution is 2.27. The Bertz CT molecular complexity index is 588. The molecule has 1 aliphatic heterocycles. The first-order valence-corrected chi connectivity index (χ1v) is 9.64. The van der Waals surface area contributed by atoms with Crippen LogP contribution in [0.4, 0.5) is 0 Å². The van der Waals surface area contributed by atoms with E-state index in [9.17, 15) is 8.42 Å². The van der Waals surface area contributed by atoms with Gasteiger partial charge in [-0.1, -0.05) is 6.07 Å². The predicted octanol–water partition coefficient (Wildman–Crippen LogP) is 3.38. The Hall–Kier alpha value is -0.140. The molecule has 0 saturated carbocycles. The third kappa shape index (κ3) is 4.20. The molecule has 1 aromatic carbocycles. The molecule has 0 radical (unpaired) electrons. The number of benzene rings is 1. The highest BCUT2D eigenvalue weighted by molar-refractivity contribution is 9.10. The van der Waals surface area contributed by atoms with E-state index in [0.29, 0.717) is 23.5 Å². The van der Waals surface area contributed by atoms with Crippen molar-refractivity contribution in [2.24, 2.45) is 0 Å². The van der Waals surface area contributed by atoms with E-state index in [0.717, 1.165) is 24.8 Å². The molecule has 0 spiro atoms. The zero-order chi connectivity index (χ0) is 15.5. The Morgan fingerprint density at radius 2 is 2.19 bits per heavy atom. The van der Waals surface area contributed by atoms with E-state index in [1.807, 2.05) is 0 Å². The summed E-state index contributed by atoms with van der Waals surface area (Å²) in [6.45, 7) is 1.10. The van der Waals surface area contributed by atoms with Crippen molar-refractivity contribution in [2.75, 3.05) is 20.2 Å². The van der Waals surface area contributed by atoms with Crippen molar-refractivity contribution in [3.63, 3.8) is 0 Å². The van der Waals surface area contributed by atoms with Gasteiger partial charge in [-0.25, -0.2) is 8.42 Å². The Balaban J connectivity index is 2.16. The SMILES string of the molecule is CN(CC1CCCCO1)S(=O)(=O)c1ccc(CCl)cc1Br. The van der Waals surface area contributed by atoms with Crippen molar-refractivity contribution >= 4 is 37.6 Å². The van der Waals surface area contributed by atoms with Gasteiger partial charge in [0.1, 0.15) is 0 Å². The van der Waals surface area contributed by atoms with E-state index < -0.39 is 10.0 Å². The molecule has 1 unspecified atom stereocenters. The molecule has 0 aromatic heterocycles. The van der Waals surface area contributed by atoms with E-state index in [-0.39, 0.29) is 11.0 Å². The Kier molecular flexibility index (Phi) is 6.08. The molecule has 1 aromatic rings. The monoisotopic (exact) mass is 395 g/mol. The van der Waals surface area contributed by atoms with Crippen LogP contribution in [-0.2, 0) is 20.6 Å². The summed E-state index contributed by atoms with van der Waals surface area (Å²) in [5.74, 6) is 0.352. The fourth-order valence-corrected chi connectivity index (χ4v) is 4.79. The lowest BCUT2D eigenvalue weighted by Gasteiger charge is -2.27. The zero-order valence-corrected chi connectivity index (χ0v) is 15.0. The van der Waals surface area contributed by atoms with Crippen molar-refractivity contribution in [3.8, 4) is 0 Å². The smallest absolute Gasteiger partial charge is 0.244 e. The quantitative estimate of drug-likeness (QED) is 0.717. The molecule has 4 nitrogen and oxygen atoms in total. The summed E-state index contributed by atoms with van der Waals surface area (Å²) in [5.41, 5.74) is 0.876. The van der Waals surface area contributed by atoms with Crippen LogP contribution in [-0.4, -0.2) is 39.0 Å². The van der Waals surface area contributed by atoms with E-state index in [1.165, 1.54) is 4.31 Å². The normalized spacial score (nSPS) is 19.9. The minimum atomic E-state index is -3.53. The van der Waals surface area contributed by atoms with Crippen LogP contribution in [0.25, 0.3) is 0 Å². The van der Waals surface area contributed by atoms with Gasteiger partial charge in [0, 0.05) is 30.6 Å². The maximum atomic E-state index is 12.6. The molecule has 0 bridgehead atoms. The number of ether oxygens (including phenoxy) is 1. The average Bonchev–Trinajstić information content (AvgIpc) is 2.47. The van der Waals surface area contributed by atoms with Gasteiger partial charge >= 0.3 is 0 Å². The van der Waals surface area contributed by atoms with Crippen molar-refractivity contribution in [3.05, 3.63) is 28.2 Å². The molecular formula is C14H19BrClNO3S. The van der Waals surface area contributed by atoms with Crippen LogP contribution in [0, 0.1) is 0 Å². The molecule has 21 heavy (non-hydrogen) atoms. The summed E-state index contributed by atoms with van der Waals surface area (Å²) in [7, 11) is -1.94. The van der Waals surface area contributed by atoms with Gasteiger partial charge in [-0.15, -0.1) is 11.6 Å². The maximum Gasteiger partial charge on any atom is 0.244 e. The van der Waals surface area contributed by atoms with Crippen LogP contribution in [0.2, 0.25) is 0 Å². The summed E-state index contributed by atoms with van der Waals surface area (Å²) in [4.78, 5) is 0.259. The van der Waals surface area contributed by atoms with Crippen molar-refractivity contribution < 1.29 is 13.2 Å². The molecule has 1 heterocycles. The second-order valence-electron chi connectivity index (χ2n) is 5.17. The van der Waals surface area contributed by atoms with Crippen LogP contribution in [0.1, 0.15) is 24.8 Å². The highest BCUT2D eigenvalue weighted by atomic mass is 79.9. The number of sulfonamides is 1. The van der Waals surface area contributed by atoms with Crippen molar-refractivity contribution in [1.82, 2.24) is 4.31 Å². The topological polar surface area (TPSA) is 46.6 Å². The lowest BCUT2D eigenvalue weighted by atomic mass is 10.1. The van der Waals surface area contributed by atoms with Gasteiger partial charge in [-0.3, -0.25) is 0 Å². The molecule has 0 amide bonds. The standard InChI is InChI=1S/C14H19BrClNO3S/c1-17(10-12-4-2-3-7-20-12)21(18,19)14-6-5-11(9-16)8-13(14)15/h5-6,8,12H,2-4,7,9-10H2,1H3. The Morgan fingerprint density at radius 1 is 1.43 bits per heavy atom. The van der Waals surface area contributed by atoms with Crippen LogP contribution in [0.15, 0.2) is 27.6 Å². The number of nitrogens with zero attached hydrogens (tertiary/aromatic N) is 1. The summed E-state index contributed by atoms with van der Waals surface area (Å²) in [5, 5.41) is 0. The first kappa shape index (κ1) is 17.2. The van der Waals surface area contributed by atoms with Gasteiger partial charge in [-0.2, -0.15) is 4.31 Å². The minimum Gasteiger partial charge on any atom is -0.377 e. The van der Waals surface area contributed by atoms with E-state index in [2.05, 4.69) is 15.9 Å². The third-order valence-electron chi connectivity index (χ3n) is 3.57. The minimum absolute atomic E-state index is 0.0144. The summed E-state index contributed by atoms with van der Waals surface area (Å²) >= 11 is 9.08. The zero-order valence-electron chi connectivity index (χ0n) is 11.9. The summed E-state index contributed by atoms with van der Waals surface area (Å²) in [6.07, 6.45) is 3.04. The number of halogens is 2. The second kappa shape index (κ2) is 7.42.